The first-order valence-corrected chi connectivity index (χ1v) is 7.67. The zero-order valence-electron chi connectivity index (χ0n) is 14.3. The lowest BCUT2D eigenvalue weighted by Crippen LogP contribution is -2.39. The topological polar surface area (TPSA) is 91.8 Å². The summed E-state index contributed by atoms with van der Waals surface area (Å²) in [4.78, 5) is 27.6. The van der Waals surface area contributed by atoms with Crippen LogP contribution in [0.1, 0.15) is 13.8 Å². The van der Waals surface area contributed by atoms with Gasteiger partial charge in [-0.25, -0.2) is 4.79 Å². The van der Waals surface area contributed by atoms with Gasteiger partial charge >= 0.3 is 5.69 Å². The Morgan fingerprint density at radius 2 is 1.62 bits per heavy atom. The molecule has 0 unspecified atom stereocenters. The van der Waals surface area contributed by atoms with Gasteiger partial charge in [0.05, 0.1) is 30.7 Å². The van der Waals surface area contributed by atoms with Gasteiger partial charge in [0.25, 0.3) is 5.56 Å². The van der Waals surface area contributed by atoms with Crippen molar-refractivity contribution >= 4 is 10.9 Å². The van der Waals surface area contributed by atoms with Crippen LogP contribution in [-0.4, -0.2) is 43.3 Å². The highest BCUT2D eigenvalue weighted by molar-refractivity contribution is 5.81. The average Bonchev–Trinajstić information content (AvgIpc) is 2.57. The van der Waals surface area contributed by atoms with E-state index in [0.29, 0.717) is 35.6 Å². The van der Waals surface area contributed by atoms with Gasteiger partial charge in [0.1, 0.15) is 0 Å². The van der Waals surface area contributed by atoms with E-state index in [-0.39, 0.29) is 6.54 Å². The fraction of sp³-hybridized carbons (Fsp3) is 0.500. The van der Waals surface area contributed by atoms with Crippen molar-refractivity contribution in [1.82, 2.24) is 9.55 Å². The zero-order chi connectivity index (χ0) is 17.7. The minimum Gasteiger partial charge on any atom is -0.490 e. The number of nitrogens with one attached hydrogen (secondary N) is 1. The van der Waals surface area contributed by atoms with E-state index in [1.54, 1.807) is 12.1 Å². The number of fused-ring (bicyclic) bond motifs is 1. The van der Waals surface area contributed by atoms with Crippen molar-refractivity contribution in [1.29, 1.82) is 0 Å². The summed E-state index contributed by atoms with van der Waals surface area (Å²) in [6, 6.07) is 3.17. The molecule has 8 nitrogen and oxygen atoms in total. The molecule has 1 N–H and O–H groups in total. The molecule has 1 heterocycles. The summed E-state index contributed by atoms with van der Waals surface area (Å²) in [7, 11) is 2.88. The number of ether oxygens (including phenoxy) is 4. The number of nitrogens with zero attached hydrogens (tertiary/aromatic N) is 1. The van der Waals surface area contributed by atoms with Crippen LogP contribution < -0.4 is 20.7 Å². The summed E-state index contributed by atoms with van der Waals surface area (Å²) in [5.41, 5.74) is -0.602. The third-order valence-electron chi connectivity index (χ3n) is 3.50. The maximum Gasteiger partial charge on any atom is 0.329 e. The van der Waals surface area contributed by atoms with E-state index in [4.69, 9.17) is 18.9 Å². The van der Waals surface area contributed by atoms with Crippen molar-refractivity contribution in [3.05, 3.63) is 33.0 Å². The molecular formula is C16H22N2O6. The number of methoxy groups -OCH3 is 2. The monoisotopic (exact) mass is 338 g/mol. The van der Waals surface area contributed by atoms with E-state index in [1.165, 1.54) is 14.2 Å². The Hall–Kier alpha value is -2.32. The molecule has 0 aliphatic heterocycles. The van der Waals surface area contributed by atoms with Crippen molar-refractivity contribution in [3.63, 3.8) is 0 Å². The summed E-state index contributed by atoms with van der Waals surface area (Å²) in [6.07, 6.45) is -0.699. The Balaban J connectivity index is 2.63. The normalized spacial score (nSPS) is 11.2. The van der Waals surface area contributed by atoms with Gasteiger partial charge in [-0.15, -0.1) is 0 Å². The van der Waals surface area contributed by atoms with Gasteiger partial charge in [-0.1, -0.05) is 0 Å². The van der Waals surface area contributed by atoms with Gasteiger partial charge in [-0.3, -0.25) is 9.36 Å². The number of hydrogen-bond acceptors (Lipinski definition) is 6. The summed E-state index contributed by atoms with van der Waals surface area (Å²) in [6.45, 7) is 4.53. The number of H-pyrrole nitrogens is 1. The van der Waals surface area contributed by atoms with Crippen LogP contribution in [0.2, 0.25) is 0 Å². The van der Waals surface area contributed by atoms with Crippen LogP contribution in [0.15, 0.2) is 21.7 Å². The fourth-order valence-electron chi connectivity index (χ4n) is 2.36. The molecule has 1 aromatic heterocycles. The molecule has 0 atom stereocenters. The van der Waals surface area contributed by atoms with Crippen LogP contribution in [0.4, 0.5) is 0 Å². The minimum atomic E-state index is -0.699. The molecule has 8 heteroatoms. The highest BCUT2D eigenvalue weighted by Crippen LogP contribution is 2.30. The number of benzene rings is 1. The van der Waals surface area contributed by atoms with Crippen molar-refractivity contribution in [2.24, 2.45) is 0 Å². The maximum absolute atomic E-state index is 12.7. The molecule has 0 spiro atoms. The lowest BCUT2D eigenvalue weighted by Gasteiger charge is -2.15. The Morgan fingerprint density at radius 1 is 1.04 bits per heavy atom. The predicted molar refractivity (Wildman–Crippen MR) is 89.0 cm³/mol. The van der Waals surface area contributed by atoms with Crippen LogP contribution in [0.25, 0.3) is 10.9 Å². The van der Waals surface area contributed by atoms with Crippen molar-refractivity contribution in [3.8, 4) is 11.5 Å². The first-order valence-electron chi connectivity index (χ1n) is 7.67. The molecule has 0 aliphatic rings. The highest BCUT2D eigenvalue weighted by atomic mass is 16.7. The second-order valence-corrected chi connectivity index (χ2v) is 4.96. The number of rotatable bonds is 8. The van der Waals surface area contributed by atoms with Crippen LogP contribution in [0.5, 0.6) is 11.5 Å². The smallest absolute Gasteiger partial charge is 0.329 e. The van der Waals surface area contributed by atoms with Gasteiger partial charge < -0.3 is 23.9 Å². The van der Waals surface area contributed by atoms with Gasteiger partial charge in [-0.05, 0) is 19.9 Å². The van der Waals surface area contributed by atoms with Crippen molar-refractivity contribution in [2.75, 3.05) is 27.4 Å². The molecule has 2 aromatic rings. The van der Waals surface area contributed by atoms with E-state index in [1.807, 2.05) is 13.8 Å². The minimum absolute atomic E-state index is 0.0196. The van der Waals surface area contributed by atoms with Gasteiger partial charge in [0.15, 0.2) is 17.8 Å². The largest absolute Gasteiger partial charge is 0.490 e. The molecule has 0 aliphatic carbocycles. The second-order valence-electron chi connectivity index (χ2n) is 4.96. The molecule has 132 valence electrons. The predicted octanol–water partition coefficient (Wildman–Crippen LogP) is 1.11. The standard InChI is InChI=1S/C16H22N2O6/c1-5-23-12-7-10-11(8-13(12)24-6-2)17-16(20)18(15(10)19)9-14(21-3)22-4/h7-8,14H,5-6,9H2,1-4H3,(H,17,20). The van der Waals surface area contributed by atoms with Gasteiger partial charge in [-0.2, -0.15) is 0 Å². The van der Waals surface area contributed by atoms with E-state index in [0.717, 1.165) is 4.57 Å². The highest BCUT2D eigenvalue weighted by Gasteiger charge is 2.16. The molecule has 0 saturated carbocycles. The Labute approximate surface area is 138 Å². The first-order chi connectivity index (χ1) is 11.5. The van der Waals surface area contributed by atoms with Crippen LogP contribution in [0, 0.1) is 0 Å². The second kappa shape index (κ2) is 7.98. The lowest BCUT2D eigenvalue weighted by molar-refractivity contribution is -0.111. The van der Waals surface area contributed by atoms with E-state index in [9.17, 15) is 9.59 Å². The molecule has 0 saturated heterocycles. The Kier molecular flexibility index (Phi) is 5.99. The fourth-order valence-corrected chi connectivity index (χ4v) is 2.36. The molecule has 0 bridgehead atoms. The third kappa shape index (κ3) is 3.60. The molecular weight excluding hydrogens is 316 g/mol. The van der Waals surface area contributed by atoms with E-state index in [2.05, 4.69) is 4.98 Å². The molecule has 24 heavy (non-hydrogen) atoms. The number of aromatic nitrogens is 2. The number of aromatic amines is 1. The first kappa shape index (κ1) is 18.0. The third-order valence-corrected chi connectivity index (χ3v) is 3.50. The molecule has 1 aromatic carbocycles. The molecule has 0 amide bonds. The van der Waals surface area contributed by atoms with Crippen molar-refractivity contribution in [2.45, 2.75) is 26.7 Å². The van der Waals surface area contributed by atoms with Crippen LogP contribution >= 0.6 is 0 Å². The zero-order valence-corrected chi connectivity index (χ0v) is 14.3. The van der Waals surface area contributed by atoms with E-state index < -0.39 is 17.5 Å². The maximum atomic E-state index is 12.7. The van der Waals surface area contributed by atoms with Gasteiger partial charge in [0, 0.05) is 20.3 Å². The molecule has 2 rings (SSSR count). The molecule has 0 fully saturated rings. The quantitative estimate of drug-likeness (QED) is 0.725. The average molecular weight is 338 g/mol. The van der Waals surface area contributed by atoms with E-state index >= 15 is 0 Å². The Morgan fingerprint density at radius 3 is 2.17 bits per heavy atom. The number of hydrogen-bond donors (Lipinski definition) is 1. The van der Waals surface area contributed by atoms with Crippen molar-refractivity contribution < 1.29 is 18.9 Å². The summed E-state index contributed by atoms with van der Waals surface area (Å²) in [5, 5.41) is 0.326. The van der Waals surface area contributed by atoms with Crippen LogP contribution in [0.3, 0.4) is 0 Å². The lowest BCUT2D eigenvalue weighted by atomic mass is 10.2. The molecule has 0 radical (unpaired) electrons. The SMILES string of the molecule is CCOc1cc2[nH]c(=O)n(CC(OC)OC)c(=O)c2cc1OCC. The van der Waals surface area contributed by atoms with Gasteiger partial charge in [0.2, 0.25) is 0 Å². The summed E-state index contributed by atoms with van der Waals surface area (Å²) < 4.78 is 22.2. The summed E-state index contributed by atoms with van der Waals surface area (Å²) in [5.74, 6) is 0.934. The summed E-state index contributed by atoms with van der Waals surface area (Å²) >= 11 is 0. The van der Waals surface area contributed by atoms with Crippen LogP contribution in [-0.2, 0) is 16.0 Å². The Bertz CT molecular complexity index is 807.